The molecule has 164 valence electrons. The van der Waals surface area contributed by atoms with Gasteiger partial charge in [0.05, 0.1) is 10.9 Å². The molecule has 1 fully saturated rings. The number of thiophene rings is 1. The molecule has 32 heavy (non-hydrogen) atoms. The first-order chi connectivity index (χ1) is 15.3. The number of aryl methyl sites for hydroxylation is 3. The van der Waals surface area contributed by atoms with Crippen LogP contribution in [0.2, 0.25) is 0 Å². The van der Waals surface area contributed by atoms with E-state index in [2.05, 4.69) is 43.0 Å². The second-order valence-electron chi connectivity index (χ2n) is 8.63. The van der Waals surface area contributed by atoms with E-state index in [-0.39, 0.29) is 17.5 Å². The summed E-state index contributed by atoms with van der Waals surface area (Å²) in [6, 6.07) is 12.2. The van der Waals surface area contributed by atoms with Crippen LogP contribution in [0, 0.1) is 20.8 Å². The van der Waals surface area contributed by atoms with Crippen molar-refractivity contribution in [3.8, 4) is 0 Å². The van der Waals surface area contributed by atoms with E-state index in [1.807, 2.05) is 18.7 Å². The van der Waals surface area contributed by atoms with Crippen LogP contribution in [-0.2, 0) is 0 Å². The number of piperazine rings is 1. The normalized spacial score (nSPS) is 16.8. The van der Waals surface area contributed by atoms with Crippen LogP contribution in [0.15, 0.2) is 47.4 Å². The average molecular weight is 447 g/mol. The van der Waals surface area contributed by atoms with Crippen LogP contribution in [0.5, 0.6) is 0 Å². The number of nitrogens with zero attached hydrogens (tertiary/aromatic N) is 4. The number of amides is 1. The summed E-state index contributed by atoms with van der Waals surface area (Å²) in [5.41, 5.74) is 4.19. The number of rotatable bonds is 2. The second kappa shape index (κ2) is 7.74. The van der Waals surface area contributed by atoms with Gasteiger partial charge in [-0.2, -0.15) is 0 Å². The standard InChI is InChI=1S/C25H26N4O2S/c1-15-7-5-8-19(13-15)28-12-11-27(14-16(28)2)24(30)20-9-6-10-29-22(20)26-23-21(25(29)31)17(3)18(4)32-23/h5-10,13,16H,11-12,14H2,1-4H3. The van der Waals surface area contributed by atoms with Crippen LogP contribution < -0.4 is 10.5 Å². The Morgan fingerprint density at radius 3 is 2.69 bits per heavy atom. The van der Waals surface area contributed by atoms with Crippen molar-refractivity contribution < 1.29 is 4.79 Å². The molecule has 0 aliphatic carbocycles. The molecule has 7 heteroatoms. The lowest BCUT2D eigenvalue weighted by Crippen LogP contribution is -2.53. The van der Waals surface area contributed by atoms with Crippen molar-refractivity contribution in [2.45, 2.75) is 33.7 Å². The van der Waals surface area contributed by atoms with Gasteiger partial charge in [-0.25, -0.2) is 4.98 Å². The molecule has 0 spiro atoms. The molecule has 1 saturated heterocycles. The molecule has 0 saturated carbocycles. The highest BCUT2D eigenvalue weighted by atomic mass is 32.1. The van der Waals surface area contributed by atoms with E-state index in [1.54, 1.807) is 18.3 Å². The van der Waals surface area contributed by atoms with E-state index < -0.39 is 0 Å². The number of aromatic nitrogens is 2. The third-order valence-electron chi connectivity index (χ3n) is 6.45. The van der Waals surface area contributed by atoms with Crippen molar-refractivity contribution in [2.75, 3.05) is 24.5 Å². The first-order valence-corrected chi connectivity index (χ1v) is 11.7. The minimum atomic E-state index is -0.112. The van der Waals surface area contributed by atoms with Crippen molar-refractivity contribution in [1.29, 1.82) is 0 Å². The average Bonchev–Trinajstić information content (AvgIpc) is 3.06. The number of benzene rings is 1. The smallest absolute Gasteiger partial charge is 0.266 e. The topological polar surface area (TPSA) is 57.9 Å². The lowest BCUT2D eigenvalue weighted by molar-refractivity contribution is 0.0727. The van der Waals surface area contributed by atoms with Crippen molar-refractivity contribution in [3.63, 3.8) is 0 Å². The summed E-state index contributed by atoms with van der Waals surface area (Å²) in [6.45, 7) is 10.2. The fourth-order valence-corrected chi connectivity index (χ4v) is 5.62. The minimum Gasteiger partial charge on any atom is -0.365 e. The SMILES string of the molecule is Cc1cccc(N2CCN(C(=O)c3cccn4c(=O)c5c(C)c(C)sc5nc34)CC2C)c1. The molecule has 1 aliphatic rings. The van der Waals surface area contributed by atoms with Crippen LogP contribution in [0.3, 0.4) is 0 Å². The Bertz CT molecular complexity index is 1420. The van der Waals surface area contributed by atoms with Gasteiger partial charge in [0, 0.05) is 42.4 Å². The van der Waals surface area contributed by atoms with E-state index >= 15 is 0 Å². The summed E-state index contributed by atoms with van der Waals surface area (Å²) < 4.78 is 1.52. The fraction of sp³-hybridized carbons (Fsp3) is 0.320. The zero-order valence-corrected chi connectivity index (χ0v) is 19.6. The summed E-state index contributed by atoms with van der Waals surface area (Å²) in [4.78, 5) is 37.4. The number of hydrogen-bond donors (Lipinski definition) is 0. The van der Waals surface area contributed by atoms with Crippen LogP contribution in [-0.4, -0.2) is 45.9 Å². The first-order valence-electron chi connectivity index (χ1n) is 10.9. The largest absolute Gasteiger partial charge is 0.365 e. The Kier molecular flexibility index (Phi) is 5.01. The Morgan fingerprint density at radius 1 is 1.12 bits per heavy atom. The molecule has 4 aromatic rings. The summed E-state index contributed by atoms with van der Waals surface area (Å²) in [5.74, 6) is -0.0740. The van der Waals surface area contributed by atoms with E-state index in [1.165, 1.54) is 27.0 Å². The molecule has 1 unspecified atom stereocenters. The molecule has 0 N–H and O–H groups in total. The summed E-state index contributed by atoms with van der Waals surface area (Å²) in [5, 5.41) is 0.648. The van der Waals surface area contributed by atoms with E-state index in [9.17, 15) is 9.59 Å². The first kappa shape index (κ1) is 20.7. The number of fused-ring (bicyclic) bond motifs is 2. The van der Waals surface area contributed by atoms with Crippen LogP contribution >= 0.6 is 11.3 Å². The van der Waals surface area contributed by atoms with Crippen molar-refractivity contribution in [1.82, 2.24) is 14.3 Å². The third kappa shape index (κ3) is 3.28. The Hall–Kier alpha value is -3.19. The molecular weight excluding hydrogens is 420 g/mol. The zero-order chi connectivity index (χ0) is 22.6. The zero-order valence-electron chi connectivity index (χ0n) is 18.8. The maximum atomic E-state index is 13.5. The van der Waals surface area contributed by atoms with Crippen molar-refractivity contribution in [3.05, 3.63) is 74.5 Å². The van der Waals surface area contributed by atoms with Gasteiger partial charge in [-0.3, -0.25) is 14.0 Å². The minimum absolute atomic E-state index is 0.0740. The van der Waals surface area contributed by atoms with E-state index in [0.717, 1.165) is 17.0 Å². The third-order valence-corrected chi connectivity index (χ3v) is 7.55. The number of carbonyl (C=O) groups excluding carboxylic acids is 1. The van der Waals surface area contributed by atoms with Gasteiger partial charge in [0.15, 0.2) is 5.65 Å². The highest BCUT2D eigenvalue weighted by molar-refractivity contribution is 7.18. The van der Waals surface area contributed by atoms with Gasteiger partial charge in [0.2, 0.25) is 0 Å². The predicted molar refractivity (Wildman–Crippen MR) is 130 cm³/mol. The Balaban J connectivity index is 1.49. The van der Waals surface area contributed by atoms with E-state index in [4.69, 9.17) is 4.98 Å². The van der Waals surface area contributed by atoms with Crippen molar-refractivity contribution >= 4 is 38.8 Å². The molecule has 4 heterocycles. The van der Waals surface area contributed by atoms with Gasteiger partial charge in [-0.15, -0.1) is 11.3 Å². The van der Waals surface area contributed by atoms with Gasteiger partial charge in [0.25, 0.3) is 11.5 Å². The number of pyridine rings is 1. The van der Waals surface area contributed by atoms with Crippen LogP contribution in [0.25, 0.3) is 15.9 Å². The molecule has 1 aromatic carbocycles. The van der Waals surface area contributed by atoms with Crippen LogP contribution in [0.4, 0.5) is 5.69 Å². The monoisotopic (exact) mass is 446 g/mol. The summed E-state index contributed by atoms with van der Waals surface area (Å²) >= 11 is 1.51. The highest BCUT2D eigenvalue weighted by Crippen LogP contribution is 2.28. The lowest BCUT2D eigenvalue weighted by atomic mass is 10.1. The van der Waals surface area contributed by atoms with Gasteiger partial charge < -0.3 is 9.80 Å². The molecule has 1 atom stereocenters. The van der Waals surface area contributed by atoms with Crippen LogP contribution in [0.1, 0.15) is 33.3 Å². The van der Waals surface area contributed by atoms with E-state index in [0.29, 0.717) is 34.5 Å². The van der Waals surface area contributed by atoms with Gasteiger partial charge >= 0.3 is 0 Å². The maximum absolute atomic E-state index is 13.5. The maximum Gasteiger partial charge on any atom is 0.266 e. The van der Waals surface area contributed by atoms with Crippen molar-refractivity contribution in [2.24, 2.45) is 0 Å². The quantitative estimate of drug-likeness (QED) is 0.463. The molecule has 1 amide bonds. The summed E-state index contributed by atoms with van der Waals surface area (Å²) in [7, 11) is 0. The Morgan fingerprint density at radius 2 is 1.94 bits per heavy atom. The number of hydrogen-bond acceptors (Lipinski definition) is 5. The Labute approximate surface area is 190 Å². The molecular formula is C25H26N4O2S. The molecule has 1 aliphatic heterocycles. The number of anilines is 1. The molecule has 3 aromatic heterocycles. The van der Waals surface area contributed by atoms with Gasteiger partial charge in [-0.05, 0) is 63.1 Å². The molecule has 0 bridgehead atoms. The fourth-order valence-electron chi connectivity index (χ4n) is 4.60. The molecule has 6 nitrogen and oxygen atoms in total. The lowest BCUT2D eigenvalue weighted by Gasteiger charge is -2.41. The molecule has 5 rings (SSSR count). The second-order valence-corrected chi connectivity index (χ2v) is 9.83. The highest BCUT2D eigenvalue weighted by Gasteiger charge is 2.29. The predicted octanol–water partition coefficient (Wildman–Crippen LogP) is 4.19. The van der Waals surface area contributed by atoms with Gasteiger partial charge in [0.1, 0.15) is 4.83 Å². The number of carbonyl (C=O) groups is 1. The van der Waals surface area contributed by atoms with Gasteiger partial charge in [-0.1, -0.05) is 12.1 Å². The summed E-state index contributed by atoms with van der Waals surface area (Å²) in [6.07, 6.45) is 1.70. The molecule has 0 radical (unpaired) electrons.